The van der Waals surface area contributed by atoms with E-state index in [0.717, 1.165) is 0 Å². The predicted molar refractivity (Wildman–Crippen MR) is 65.5 cm³/mol. The second-order valence-corrected chi connectivity index (χ2v) is 4.63. The van der Waals surface area contributed by atoms with Crippen molar-refractivity contribution in [1.29, 1.82) is 0 Å². The van der Waals surface area contributed by atoms with Gasteiger partial charge in [0.2, 0.25) is 5.60 Å². The van der Waals surface area contributed by atoms with Crippen LogP contribution in [-0.4, -0.2) is 44.2 Å². The van der Waals surface area contributed by atoms with Gasteiger partial charge in [0.1, 0.15) is 10.7 Å². The average molecular weight is 304 g/mol. The van der Waals surface area contributed by atoms with Gasteiger partial charge in [-0.25, -0.2) is 13.6 Å². The van der Waals surface area contributed by atoms with Gasteiger partial charge >= 0.3 is 5.69 Å². The number of ether oxygens (including phenoxy) is 1. The standard InChI is InChI=1S/C11H10F2N2O4S/c1-2-11(18)7(13)6(4-16)19-9(11)15-3-5(12)8(20)14-10(15)17/h1,3,6-7,9,16,18H,4H2,(H,14,17,20). The van der Waals surface area contributed by atoms with Crippen LogP contribution in [0.5, 0.6) is 0 Å². The minimum absolute atomic E-state index is 0.441. The number of nitrogens with zero attached hydrogens (tertiary/aromatic N) is 1. The molecule has 4 atom stereocenters. The molecule has 0 bridgehead atoms. The Hall–Kier alpha value is -1.60. The molecule has 0 radical (unpaired) electrons. The van der Waals surface area contributed by atoms with Crippen molar-refractivity contribution in [1.82, 2.24) is 9.55 Å². The summed E-state index contributed by atoms with van der Waals surface area (Å²) in [5.74, 6) is 0.819. The van der Waals surface area contributed by atoms with Crippen LogP contribution in [0.3, 0.4) is 0 Å². The zero-order valence-corrected chi connectivity index (χ0v) is 10.7. The molecule has 0 saturated carbocycles. The first-order valence-electron chi connectivity index (χ1n) is 5.46. The number of aromatic amines is 1. The van der Waals surface area contributed by atoms with Gasteiger partial charge in [-0.1, -0.05) is 18.1 Å². The molecule has 1 fully saturated rings. The molecule has 1 aliphatic heterocycles. The van der Waals surface area contributed by atoms with Gasteiger partial charge < -0.3 is 14.9 Å². The largest absolute Gasteiger partial charge is 0.394 e. The zero-order chi connectivity index (χ0) is 15.1. The van der Waals surface area contributed by atoms with Gasteiger partial charge in [0.05, 0.1) is 12.8 Å². The van der Waals surface area contributed by atoms with E-state index in [2.05, 4.69) is 12.2 Å². The molecule has 0 aromatic carbocycles. The first-order valence-corrected chi connectivity index (χ1v) is 5.87. The van der Waals surface area contributed by atoms with Crippen LogP contribution in [-0.2, 0) is 4.74 Å². The van der Waals surface area contributed by atoms with Gasteiger partial charge in [-0.2, -0.15) is 0 Å². The lowest BCUT2D eigenvalue weighted by atomic mass is 9.96. The van der Waals surface area contributed by atoms with Gasteiger partial charge in [-0.3, -0.25) is 9.55 Å². The van der Waals surface area contributed by atoms with Crippen molar-refractivity contribution < 1.29 is 23.7 Å². The SMILES string of the molecule is C#CC1(O)C(F)C(CO)OC1n1cc(F)c(=S)[nH]c1=O. The van der Waals surface area contributed by atoms with Crippen LogP contribution in [0.2, 0.25) is 0 Å². The monoisotopic (exact) mass is 304 g/mol. The Morgan fingerprint density at radius 2 is 2.35 bits per heavy atom. The van der Waals surface area contributed by atoms with Gasteiger partial charge in [0, 0.05) is 0 Å². The number of rotatable bonds is 2. The van der Waals surface area contributed by atoms with Crippen molar-refractivity contribution in [2.24, 2.45) is 0 Å². The fraction of sp³-hybridized carbons (Fsp3) is 0.455. The maximum Gasteiger partial charge on any atom is 0.328 e. The van der Waals surface area contributed by atoms with E-state index in [1.165, 1.54) is 0 Å². The van der Waals surface area contributed by atoms with E-state index in [0.29, 0.717) is 10.8 Å². The number of H-pyrrole nitrogens is 1. The Morgan fingerprint density at radius 3 is 2.90 bits per heavy atom. The Labute approximate surface area is 116 Å². The van der Waals surface area contributed by atoms with Gasteiger partial charge in [-0.05, 0) is 0 Å². The molecule has 0 spiro atoms. The first-order chi connectivity index (χ1) is 9.35. The van der Waals surface area contributed by atoms with Crippen LogP contribution in [0.4, 0.5) is 8.78 Å². The molecule has 9 heteroatoms. The fourth-order valence-electron chi connectivity index (χ4n) is 1.96. The third kappa shape index (κ3) is 2.06. The summed E-state index contributed by atoms with van der Waals surface area (Å²) in [6.45, 7) is -0.762. The predicted octanol–water partition coefficient (Wildman–Crippen LogP) is -0.363. The molecular weight excluding hydrogens is 294 g/mol. The summed E-state index contributed by atoms with van der Waals surface area (Å²) in [4.78, 5) is 13.7. The van der Waals surface area contributed by atoms with Crippen LogP contribution < -0.4 is 5.69 Å². The molecule has 0 amide bonds. The summed E-state index contributed by atoms with van der Waals surface area (Å²) >= 11 is 4.53. The number of terminal acetylenes is 1. The van der Waals surface area contributed by atoms with E-state index in [1.807, 2.05) is 4.98 Å². The lowest BCUT2D eigenvalue weighted by molar-refractivity contribution is -0.0753. The molecule has 3 N–H and O–H groups in total. The Bertz CT molecular complexity index is 682. The van der Waals surface area contributed by atoms with Crippen molar-refractivity contribution in [3.8, 4) is 12.3 Å². The first kappa shape index (κ1) is 14.8. The van der Waals surface area contributed by atoms with Crippen LogP contribution >= 0.6 is 12.2 Å². The third-order valence-electron chi connectivity index (χ3n) is 3.02. The fourth-order valence-corrected chi connectivity index (χ4v) is 2.10. The maximum atomic E-state index is 14.0. The quantitative estimate of drug-likeness (QED) is 0.513. The van der Waals surface area contributed by atoms with Crippen molar-refractivity contribution in [2.75, 3.05) is 6.61 Å². The molecule has 20 heavy (non-hydrogen) atoms. The van der Waals surface area contributed by atoms with Crippen LogP contribution in [0.1, 0.15) is 6.23 Å². The number of hydrogen-bond donors (Lipinski definition) is 3. The topological polar surface area (TPSA) is 87.5 Å². The Kier molecular flexibility index (Phi) is 3.75. The molecule has 108 valence electrons. The van der Waals surface area contributed by atoms with Crippen molar-refractivity contribution in [3.05, 3.63) is 27.1 Å². The second kappa shape index (κ2) is 5.06. The van der Waals surface area contributed by atoms with E-state index in [9.17, 15) is 18.7 Å². The molecule has 1 aromatic heterocycles. The van der Waals surface area contributed by atoms with E-state index in [-0.39, 0.29) is 0 Å². The molecule has 4 unspecified atom stereocenters. The van der Waals surface area contributed by atoms with E-state index in [4.69, 9.17) is 16.3 Å². The molecular formula is C11H10F2N2O4S. The van der Waals surface area contributed by atoms with Gasteiger partial charge in [0.15, 0.2) is 18.2 Å². The average Bonchev–Trinajstić information content (AvgIpc) is 2.67. The highest BCUT2D eigenvalue weighted by atomic mass is 32.1. The number of aliphatic hydroxyl groups excluding tert-OH is 1. The number of aromatic nitrogens is 2. The summed E-state index contributed by atoms with van der Waals surface area (Å²) in [5, 5.41) is 19.1. The smallest absolute Gasteiger partial charge is 0.328 e. The summed E-state index contributed by atoms with van der Waals surface area (Å²) in [6.07, 6.45) is 0.477. The number of hydrogen-bond acceptors (Lipinski definition) is 5. The van der Waals surface area contributed by atoms with Crippen LogP contribution in [0.25, 0.3) is 0 Å². The lowest BCUT2D eigenvalue weighted by Crippen LogP contribution is -2.45. The number of aliphatic hydroxyl groups is 2. The highest BCUT2D eigenvalue weighted by Crippen LogP contribution is 2.39. The number of alkyl halides is 1. The van der Waals surface area contributed by atoms with Gasteiger partial charge in [0.25, 0.3) is 0 Å². The molecule has 2 rings (SSSR count). The number of nitrogens with one attached hydrogen (secondary N) is 1. The lowest BCUT2D eigenvalue weighted by Gasteiger charge is -2.25. The summed E-state index contributed by atoms with van der Waals surface area (Å²) in [6, 6.07) is 0. The molecule has 0 aliphatic carbocycles. The van der Waals surface area contributed by atoms with Crippen LogP contribution in [0.15, 0.2) is 11.0 Å². The highest BCUT2D eigenvalue weighted by Gasteiger charge is 2.57. The van der Waals surface area contributed by atoms with Crippen molar-refractivity contribution in [3.63, 3.8) is 0 Å². The second-order valence-electron chi connectivity index (χ2n) is 4.22. The van der Waals surface area contributed by atoms with E-state index in [1.54, 1.807) is 5.92 Å². The Morgan fingerprint density at radius 1 is 1.70 bits per heavy atom. The third-order valence-corrected chi connectivity index (χ3v) is 3.31. The van der Waals surface area contributed by atoms with Gasteiger partial charge in [-0.15, -0.1) is 6.42 Å². The van der Waals surface area contributed by atoms with E-state index >= 15 is 0 Å². The Balaban J connectivity index is 2.58. The van der Waals surface area contributed by atoms with Crippen molar-refractivity contribution >= 4 is 12.2 Å². The van der Waals surface area contributed by atoms with Crippen molar-refractivity contribution in [2.45, 2.75) is 24.1 Å². The minimum Gasteiger partial charge on any atom is -0.394 e. The molecule has 2 heterocycles. The zero-order valence-electron chi connectivity index (χ0n) is 9.92. The molecule has 1 aliphatic rings. The summed E-state index contributed by atoms with van der Waals surface area (Å²) < 4.78 is 32.5. The molecule has 6 nitrogen and oxygen atoms in total. The molecule has 1 saturated heterocycles. The van der Waals surface area contributed by atoms with E-state index < -0.39 is 46.9 Å². The maximum absolute atomic E-state index is 14.0. The summed E-state index contributed by atoms with van der Waals surface area (Å²) in [7, 11) is 0. The normalized spacial score (nSPS) is 33.0. The summed E-state index contributed by atoms with van der Waals surface area (Å²) in [5.41, 5.74) is -3.44. The minimum atomic E-state index is -2.51. The number of halogens is 2. The highest BCUT2D eigenvalue weighted by molar-refractivity contribution is 7.71. The van der Waals surface area contributed by atoms with Crippen LogP contribution in [0, 0.1) is 22.8 Å². The molecule has 1 aromatic rings.